The summed E-state index contributed by atoms with van der Waals surface area (Å²) < 4.78 is 10.7. The summed E-state index contributed by atoms with van der Waals surface area (Å²) >= 11 is 0. The molecule has 1 N–H and O–H groups in total. The molecule has 3 aliphatic rings. The Balaban J connectivity index is 1.19. The van der Waals surface area contributed by atoms with E-state index in [0.29, 0.717) is 12.8 Å². The second-order valence-electron chi connectivity index (χ2n) is 7.12. The predicted molar refractivity (Wildman–Crippen MR) is 98.8 cm³/mol. The first-order valence-electron chi connectivity index (χ1n) is 9.24. The minimum absolute atomic E-state index is 0.0650. The average molecular weight is 364 g/mol. The molecule has 2 heterocycles. The molecule has 138 valence electrons. The number of oxime groups is 1. The molecule has 0 radical (unpaired) electrons. The Bertz CT molecular complexity index is 924. The number of nitrogens with one attached hydrogen (secondary N) is 1. The standard InChI is InChI=1S/C21H20N2O4/c24-21(22-17-7-6-14-3-1-2-4-16(14)17)20-11-15(23-27-20)9-13-5-8-18-19(10-13)26-12-25-18/h1-5,8,10,17,20H,6-7,9,11-12H2,(H,22,24). The summed E-state index contributed by atoms with van der Waals surface area (Å²) in [4.78, 5) is 18.0. The monoisotopic (exact) mass is 364 g/mol. The van der Waals surface area contributed by atoms with Gasteiger partial charge in [0.05, 0.1) is 11.8 Å². The van der Waals surface area contributed by atoms with Gasteiger partial charge in [0, 0.05) is 12.8 Å². The van der Waals surface area contributed by atoms with E-state index in [9.17, 15) is 4.79 Å². The second-order valence-corrected chi connectivity index (χ2v) is 7.12. The van der Waals surface area contributed by atoms with E-state index in [1.807, 2.05) is 30.3 Å². The zero-order chi connectivity index (χ0) is 18.2. The normalized spacial score (nSPS) is 22.1. The van der Waals surface area contributed by atoms with E-state index in [-0.39, 0.29) is 18.7 Å². The van der Waals surface area contributed by atoms with Gasteiger partial charge in [0.25, 0.3) is 5.91 Å². The number of rotatable bonds is 4. The molecule has 2 aromatic carbocycles. The van der Waals surface area contributed by atoms with E-state index < -0.39 is 6.10 Å². The van der Waals surface area contributed by atoms with Crippen molar-refractivity contribution in [3.05, 3.63) is 59.2 Å². The molecule has 0 saturated heterocycles. The highest BCUT2D eigenvalue weighted by atomic mass is 16.7. The van der Waals surface area contributed by atoms with Gasteiger partial charge < -0.3 is 19.6 Å². The van der Waals surface area contributed by atoms with Crippen molar-refractivity contribution in [3.63, 3.8) is 0 Å². The summed E-state index contributed by atoms with van der Waals surface area (Å²) in [5, 5.41) is 7.25. The topological polar surface area (TPSA) is 69.2 Å². The van der Waals surface area contributed by atoms with E-state index in [2.05, 4.69) is 22.6 Å². The minimum atomic E-state index is -0.554. The summed E-state index contributed by atoms with van der Waals surface area (Å²) in [5.74, 6) is 1.42. The van der Waals surface area contributed by atoms with Crippen LogP contribution in [0.2, 0.25) is 0 Å². The lowest BCUT2D eigenvalue weighted by Gasteiger charge is -2.16. The highest BCUT2D eigenvalue weighted by Gasteiger charge is 2.32. The first-order valence-corrected chi connectivity index (χ1v) is 9.24. The maximum absolute atomic E-state index is 12.6. The molecule has 5 rings (SSSR count). The van der Waals surface area contributed by atoms with Crippen molar-refractivity contribution >= 4 is 11.6 Å². The number of amides is 1. The van der Waals surface area contributed by atoms with Crippen LogP contribution in [0.4, 0.5) is 0 Å². The molecule has 0 bridgehead atoms. The molecule has 1 amide bonds. The third-order valence-electron chi connectivity index (χ3n) is 5.32. The number of nitrogens with zero attached hydrogens (tertiary/aromatic N) is 1. The Labute approximate surface area is 157 Å². The molecule has 2 unspecified atom stereocenters. The number of hydrogen-bond donors (Lipinski definition) is 1. The fourth-order valence-electron chi connectivity index (χ4n) is 3.93. The summed E-state index contributed by atoms with van der Waals surface area (Å²) in [7, 11) is 0. The van der Waals surface area contributed by atoms with Gasteiger partial charge in [-0.25, -0.2) is 0 Å². The number of carbonyl (C=O) groups excluding carboxylic acids is 1. The Hall–Kier alpha value is -3.02. The van der Waals surface area contributed by atoms with Gasteiger partial charge in [-0.05, 0) is 41.7 Å². The third kappa shape index (κ3) is 3.12. The van der Waals surface area contributed by atoms with Crippen LogP contribution in [0, 0.1) is 0 Å². The Morgan fingerprint density at radius 2 is 2.04 bits per heavy atom. The molecule has 0 fully saturated rings. The highest BCUT2D eigenvalue weighted by molar-refractivity contribution is 5.94. The summed E-state index contributed by atoms with van der Waals surface area (Å²) in [6.07, 6.45) is 2.52. The van der Waals surface area contributed by atoms with Gasteiger partial charge >= 0.3 is 0 Å². The predicted octanol–water partition coefficient (Wildman–Crippen LogP) is 2.91. The molecule has 0 aromatic heterocycles. The zero-order valence-corrected chi connectivity index (χ0v) is 14.8. The zero-order valence-electron chi connectivity index (χ0n) is 14.8. The lowest BCUT2D eigenvalue weighted by molar-refractivity contribution is -0.131. The van der Waals surface area contributed by atoms with Crippen LogP contribution in [0.1, 0.15) is 35.6 Å². The molecule has 2 aliphatic heterocycles. The first-order chi connectivity index (χ1) is 13.3. The smallest absolute Gasteiger partial charge is 0.264 e. The summed E-state index contributed by atoms with van der Waals surface area (Å²) in [6.45, 7) is 0.259. The van der Waals surface area contributed by atoms with Crippen molar-refractivity contribution in [2.45, 2.75) is 37.8 Å². The molecular weight excluding hydrogens is 344 g/mol. The molecule has 27 heavy (non-hydrogen) atoms. The molecule has 2 aromatic rings. The van der Waals surface area contributed by atoms with Gasteiger partial charge in [0.1, 0.15) is 0 Å². The largest absolute Gasteiger partial charge is 0.454 e. The second kappa shape index (κ2) is 6.61. The van der Waals surface area contributed by atoms with Crippen LogP contribution in [0.15, 0.2) is 47.6 Å². The minimum Gasteiger partial charge on any atom is -0.454 e. The van der Waals surface area contributed by atoms with Crippen LogP contribution in [0.5, 0.6) is 11.5 Å². The van der Waals surface area contributed by atoms with Gasteiger partial charge in [0.15, 0.2) is 11.5 Å². The lowest BCUT2D eigenvalue weighted by atomic mass is 10.0. The van der Waals surface area contributed by atoms with E-state index in [1.54, 1.807) is 0 Å². The quantitative estimate of drug-likeness (QED) is 0.906. The summed E-state index contributed by atoms with van der Waals surface area (Å²) in [5.41, 5.74) is 4.45. The van der Waals surface area contributed by atoms with Crippen LogP contribution < -0.4 is 14.8 Å². The Morgan fingerprint density at radius 1 is 1.15 bits per heavy atom. The Morgan fingerprint density at radius 3 is 3.00 bits per heavy atom. The molecule has 6 nitrogen and oxygen atoms in total. The van der Waals surface area contributed by atoms with E-state index >= 15 is 0 Å². The van der Waals surface area contributed by atoms with Crippen LogP contribution >= 0.6 is 0 Å². The third-order valence-corrected chi connectivity index (χ3v) is 5.32. The average Bonchev–Trinajstić information content (AvgIpc) is 3.41. The fourth-order valence-corrected chi connectivity index (χ4v) is 3.93. The van der Waals surface area contributed by atoms with Crippen molar-refractivity contribution in [2.24, 2.45) is 5.16 Å². The Kier molecular flexibility index (Phi) is 3.96. The highest BCUT2D eigenvalue weighted by Crippen LogP contribution is 2.33. The SMILES string of the molecule is O=C(NC1CCc2ccccc21)C1CC(Cc2ccc3c(c2)OCO3)=NO1. The molecule has 2 atom stereocenters. The van der Waals surface area contributed by atoms with Gasteiger partial charge in [-0.2, -0.15) is 0 Å². The van der Waals surface area contributed by atoms with Crippen LogP contribution in [0.25, 0.3) is 0 Å². The number of carbonyl (C=O) groups is 1. The van der Waals surface area contributed by atoms with Gasteiger partial charge in [0.2, 0.25) is 12.9 Å². The van der Waals surface area contributed by atoms with E-state index in [4.69, 9.17) is 14.3 Å². The van der Waals surface area contributed by atoms with Crippen molar-refractivity contribution in [1.29, 1.82) is 0 Å². The van der Waals surface area contributed by atoms with Crippen LogP contribution in [0.3, 0.4) is 0 Å². The molecule has 0 saturated carbocycles. The molecule has 0 spiro atoms. The van der Waals surface area contributed by atoms with Crippen molar-refractivity contribution in [1.82, 2.24) is 5.32 Å². The van der Waals surface area contributed by atoms with Gasteiger partial charge in [-0.3, -0.25) is 4.79 Å². The summed E-state index contributed by atoms with van der Waals surface area (Å²) in [6, 6.07) is 14.2. The fraction of sp³-hybridized carbons (Fsp3) is 0.333. The number of benzene rings is 2. The van der Waals surface area contributed by atoms with Gasteiger partial charge in [-0.1, -0.05) is 35.5 Å². The van der Waals surface area contributed by atoms with E-state index in [1.165, 1.54) is 11.1 Å². The van der Waals surface area contributed by atoms with Crippen LogP contribution in [-0.4, -0.2) is 24.5 Å². The molecular formula is C21H20N2O4. The van der Waals surface area contributed by atoms with Crippen molar-refractivity contribution < 1.29 is 19.1 Å². The van der Waals surface area contributed by atoms with E-state index in [0.717, 1.165) is 35.6 Å². The van der Waals surface area contributed by atoms with Crippen molar-refractivity contribution in [2.75, 3.05) is 6.79 Å². The van der Waals surface area contributed by atoms with Gasteiger partial charge in [-0.15, -0.1) is 0 Å². The maximum Gasteiger partial charge on any atom is 0.264 e. The first kappa shape index (κ1) is 16.2. The molecule has 1 aliphatic carbocycles. The molecule has 6 heteroatoms. The number of fused-ring (bicyclic) bond motifs is 2. The van der Waals surface area contributed by atoms with Crippen molar-refractivity contribution in [3.8, 4) is 11.5 Å². The number of hydrogen-bond acceptors (Lipinski definition) is 5. The maximum atomic E-state index is 12.6. The lowest BCUT2D eigenvalue weighted by Crippen LogP contribution is -2.36. The van der Waals surface area contributed by atoms with Crippen LogP contribution in [-0.2, 0) is 22.5 Å². The number of ether oxygens (including phenoxy) is 2. The number of aryl methyl sites for hydroxylation is 1.